The number of nitrogens with one attached hydrogen (secondary N) is 1. The fourth-order valence-corrected chi connectivity index (χ4v) is 5.34. The molecule has 7 heteroatoms. The van der Waals surface area contributed by atoms with Crippen LogP contribution in [0.15, 0.2) is 0 Å². The van der Waals surface area contributed by atoms with Crippen LogP contribution in [0.25, 0.3) is 0 Å². The maximum Gasteiger partial charge on any atom is 0.242 e. The molecule has 166 valence electrons. The maximum atomic E-state index is 12.8. The van der Waals surface area contributed by atoms with E-state index in [2.05, 4.69) is 10.2 Å². The van der Waals surface area contributed by atoms with Gasteiger partial charge in [-0.2, -0.15) is 0 Å². The SMILES string of the molecule is CC(=O)N1CCC(N(CC2CCCCC2)CC2CCCO2)C[C@@H]1C(=O)NCCN. The standard InChI is InChI=1S/C22H40N4O3/c1-17(27)26-12-9-19(14-21(26)22(28)24-11-10-23)25(16-20-8-5-13-29-20)15-18-6-3-2-4-7-18/h18-21H,2-16,23H2,1H3,(H,24,28)/t19?,20?,21-/m1/s1. The van der Waals surface area contributed by atoms with Gasteiger partial charge in [0.15, 0.2) is 0 Å². The first-order chi connectivity index (χ1) is 14.1. The maximum absolute atomic E-state index is 12.8. The first-order valence-electron chi connectivity index (χ1n) is 11.7. The number of hydrogen-bond acceptors (Lipinski definition) is 5. The molecule has 0 radical (unpaired) electrons. The largest absolute Gasteiger partial charge is 0.377 e. The first kappa shape index (κ1) is 22.5. The van der Waals surface area contributed by atoms with Crippen molar-refractivity contribution in [2.24, 2.45) is 11.7 Å². The Balaban J connectivity index is 1.68. The van der Waals surface area contributed by atoms with Gasteiger partial charge in [-0.05, 0) is 44.4 Å². The summed E-state index contributed by atoms with van der Waals surface area (Å²) in [6.45, 7) is 6.00. The van der Waals surface area contributed by atoms with Gasteiger partial charge in [0, 0.05) is 52.3 Å². The second kappa shape index (κ2) is 11.3. The first-order valence-corrected chi connectivity index (χ1v) is 11.7. The number of ether oxygens (including phenoxy) is 1. The molecule has 1 aliphatic carbocycles. The summed E-state index contributed by atoms with van der Waals surface area (Å²) in [6, 6.07) is -0.0681. The number of likely N-dealkylation sites (tertiary alicyclic amines) is 1. The van der Waals surface area contributed by atoms with Crippen molar-refractivity contribution in [3.05, 3.63) is 0 Å². The number of rotatable bonds is 8. The molecule has 0 aromatic heterocycles. The molecule has 29 heavy (non-hydrogen) atoms. The fourth-order valence-electron chi connectivity index (χ4n) is 5.34. The third kappa shape index (κ3) is 6.40. The van der Waals surface area contributed by atoms with Gasteiger partial charge < -0.3 is 20.7 Å². The second-order valence-corrected chi connectivity index (χ2v) is 9.08. The predicted octanol–water partition coefficient (Wildman–Crippen LogP) is 1.50. The van der Waals surface area contributed by atoms with E-state index in [0.29, 0.717) is 38.2 Å². The van der Waals surface area contributed by atoms with E-state index in [4.69, 9.17) is 10.5 Å². The molecular weight excluding hydrogens is 368 g/mol. The molecule has 1 saturated carbocycles. The number of nitrogens with two attached hydrogens (primary N) is 1. The van der Waals surface area contributed by atoms with E-state index in [1.54, 1.807) is 11.8 Å². The van der Waals surface area contributed by atoms with Gasteiger partial charge in [-0.3, -0.25) is 14.5 Å². The predicted molar refractivity (Wildman–Crippen MR) is 113 cm³/mol. The van der Waals surface area contributed by atoms with Crippen molar-refractivity contribution in [2.75, 3.05) is 39.3 Å². The van der Waals surface area contributed by atoms with Crippen LogP contribution in [0.1, 0.15) is 64.7 Å². The van der Waals surface area contributed by atoms with Crippen molar-refractivity contribution in [1.82, 2.24) is 15.1 Å². The summed E-state index contributed by atoms with van der Waals surface area (Å²) in [4.78, 5) is 29.3. The summed E-state index contributed by atoms with van der Waals surface area (Å²) in [5, 5.41) is 2.90. The zero-order valence-corrected chi connectivity index (χ0v) is 18.1. The Morgan fingerprint density at radius 3 is 2.55 bits per heavy atom. The van der Waals surface area contributed by atoms with Gasteiger partial charge in [-0.25, -0.2) is 0 Å². The van der Waals surface area contributed by atoms with E-state index in [1.165, 1.54) is 32.1 Å². The summed E-state index contributed by atoms with van der Waals surface area (Å²) in [5.41, 5.74) is 5.55. The smallest absolute Gasteiger partial charge is 0.242 e. The fraction of sp³-hybridized carbons (Fsp3) is 0.909. The zero-order chi connectivity index (χ0) is 20.6. The molecule has 2 unspecified atom stereocenters. The molecular formula is C22H40N4O3. The van der Waals surface area contributed by atoms with Crippen molar-refractivity contribution in [3.63, 3.8) is 0 Å². The minimum absolute atomic E-state index is 0.0192. The van der Waals surface area contributed by atoms with E-state index in [0.717, 1.165) is 44.9 Å². The number of carbonyl (C=O) groups is 2. The van der Waals surface area contributed by atoms with Crippen LogP contribution in [0.4, 0.5) is 0 Å². The number of hydrogen-bond donors (Lipinski definition) is 2. The van der Waals surface area contributed by atoms with Crippen LogP contribution >= 0.6 is 0 Å². The summed E-state index contributed by atoms with van der Waals surface area (Å²) >= 11 is 0. The summed E-state index contributed by atoms with van der Waals surface area (Å²) < 4.78 is 5.95. The van der Waals surface area contributed by atoms with E-state index in [1.807, 2.05) is 0 Å². The summed E-state index contributed by atoms with van der Waals surface area (Å²) in [7, 11) is 0. The normalized spacial score (nSPS) is 28.7. The molecule has 3 fully saturated rings. The van der Waals surface area contributed by atoms with Gasteiger partial charge in [0.05, 0.1) is 6.10 Å². The highest BCUT2D eigenvalue weighted by Crippen LogP contribution is 2.29. The van der Waals surface area contributed by atoms with Gasteiger partial charge in [-0.1, -0.05) is 19.3 Å². The number of nitrogens with zero attached hydrogens (tertiary/aromatic N) is 2. The van der Waals surface area contributed by atoms with Crippen molar-refractivity contribution in [1.29, 1.82) is 0 Å². The molecule has 2 saturated heterocycles. The summed E-state index contributed by atoms with van der Waals surface area (Å²) in [6.07, 6.45) is 10.9. The van der Waals surface area contributed by atoms with Crippen molar-refractivity contribution in [3.8, 4) is 0 Å². The topological polar surface area (TPSA) is 87.9 Å². The Labute approximate surface area is 175 Å². The van der Waals surface area contributed by atoms with Gasteiger partial charge in [0.1, 0.15) is 6.04 Å². The van der Waals surface area contributed by atoms with Crippen LogP contribution in [0.3, 0.4) is 0 Å². The van der Waals surface area contributed by atoms with Crippen LogP contribution in [0.5, 0.6) is 0 Å². The molecule has 3 atom stereocenters. The van der Waals surface area contributed by atoms with Gasteiger partial charge in [-0.15, -0.1) is 0 Å². The molecule has 0 aromatic rings. The average Bonchev–Trinajstić information content (AvgIpc) is 3.25. The van der Waals surface area contributed by atoms with Crippen LogP contribution in [0.2, 0.25) is 0 Å². The quantitative estimate of drug-likeness (QED) is 0.636. The summed E-state index contributed by atoms with van der Waals surface area (Å²) in [5.74, 6) is 0.667. The van der Waals surface area contributed by atoms with E-state index < -0.39 is 6.04 Å². The Morgan fingerprint density at radius 1 is 1.10 bits per heavy atom. The highest BCUT2D eigenvalue weighted by atomic mass is 16.5. The molecule has 0 bridgehead atoms. The Hall–Kier alpha value is -1.18. The van der Waals surface area contributed by atoms with Gasteiger partial charge >= 0.3 is 0 Å². The highest BCUT2D eigenvalue weighted by Gasteiger charge is 2.38. The zero-order valence-electron chi connectivity index (χ0n) is 18.1. The lowest BCUT2D eigenvalue weighted by molar-refractivity contribution is -0.142. The van der Waals surface area contributed by atoms with E-state index in [-0.39, 0.29) is 11.8 Å². The number of amides is 2. The molecule has 2 heterocycles. The Morgan fingerprint density at radius 2 is 1.90 bits per heavy atom. The number of carbonyl (C=O) groups excluding carboxylic acids is 2. The lowest BCUT2D eigenvalue weighted by atomic mass is 9.87. The molecule has 2 amide bonds. The van der Waals surface area contributed by atoms with E-state index >= 15 is 0 Å². The molecule has 0 aromatic carbocycles. The minimum atomic E-state index is -0.392. The molecule has 0 spiro atoms. The lowest BCUT2D eigenvalue weighted by Gasteiger charge is -2.44. The third-order valence-corrected chi connectivity index (χ3v) is 6.92. The van der Waals surface area contributed by atoms with Crippen LogP contribution in [-0.2, 0) is 14.3 Å². The molecule has 3 N–H and O–H groups in total. The number of piperidine rings is 1. The monoisotopic (exact) mass is 408 g/mol. The average molecular weight is 409 g/mol. The third-order valence-electron chi connectivity index (χ3n) is 6.92. The highest BCUT2D eigenvalue weighted by molar-refractivity contribution is 5.87. The van der Waals surface area contributed by atoms with Crippen LogP contribution < -0.4 is 11.1 Å². The molecule has 2 aliphatic heterocycles. The van der Waals surface area contributed by atoms with Gasteiger partial charge in [0.25, 0.3) is 0 Å². The van der Waals surface area contributed by atoms with Crippen LogP contribution in [0, 0.1) is 5.92 Å². The second-order valence-electron chi connectivity index (χ2n) is 9.08. The molecule has 7 nitrogen and oxygen atoms in total. The lowest BCUT2D eigenvalue weighted by Crippen LogP contribution is -2.58. The molecule has 3 aliphatic rings. The Bertz CT molecular complexity index is 532. The van der Waals surface area contributed by atoms with Crippen molar-refractivity contribution in [2.45, 2.75) is 82.9 Å². The minimum Gasteiger partial charge on any atom is -0.377 e. The Kier molecular flexibility index (Phi) is 8.75. The van der Waals surface area contributed by atoms with Crippen molar-refractivity contribution < 1.29 is 14.3 Å². The molecule has 3 rings (SSSR count). The van der Waals surface area contributed by atoms with Gasteiger partial charge in [0.2, 0.25) is 11.8 Å². The van der Waals surface area contributed by atoms with Crippen molar-refractivity contribution >= 4 is 11.8 Å². The van der Waals surface area contributed by atoms with Crippen LogP contribution in [-0.4, -0.2) is 79.1 Å². The van der Waals surface area contributed by atoms with E-state index in [9.17, 15) is 9.59 Å².